The summed E-state index contributed by atoms with van der Waals surface area (Å²) in [5.74, 6) is 0. The Morgan fingerprint density at radius 1 is 1.39 bits per heavy atom. The van der Waals surface area contributed by atoms with Crippen LogP contribution in [0.1, 0.15) is 36.8 Å². The second kappa shape index (κ2) is 7.75. The Hall–Kier alpha value is -1.65. The van der Waals surface area contributed by atoms with Crippen LogP contribution in [0.25, 0.3) is 5.69 Å². The molecule has 0 saturated carbocycles. The van der Waals surface area contributed by atoms with Crippen LogP contribution in [0.15, 0.2) is 36.7 Å². The van der Waals surface area contributed by atoms with Crippen molar-refractivity contribution in [3.8, 4) is 5.69 Å². The summed E-state index contributed by atoms with van der Waals surface area (Å²) in [6, 6.07) is 8.53. The standard InChI is InChI=1S/C19H27N3O/c1-16-14-18(22-12-5-10-20-22)9-8-17(16)15-21(2)11-3-6-19-7-4-13-23-19/h5,8-10,12,14,19H,3-4,6-7,11,13,15H2,1-2H3/t19-/m1/s1. The predicted molar refractivity (Wildman–Crippen MR) is 92.8 cm³/mol. The van der Waals surface area contributed by atoms with Crippen LogP contribution in [0, 0.1) is 6.92 Å². The zero-order valence-corrected chi connectivity index (χ0v) is 14.2. The number of aromatic nitrogens is 2. The molecule has 0 N–H and O–H groups in total. The predicted octanol–water partition coefficient (Wildman–Crippen LogP) is 3.57. The smallest absolute Gasteiger partial charge is 0.0648 e. The van der Waals surface area contributed by atoms with E-state index in [0.717, 1.165) is 25.4 Å². The molecule has 1 aromatic heterocycles. The van der Waals surface area contributed by atoms with Crippen molar-refractivity contribution in [2.45, 2.75) is 45.3 Å². The van der Waals surface area contributed by atoms with E-state index in [4.69, 9.17) is 4.74 Å². The van der Waals surface area contributed by atoms with Crippen LogP contribution < -0.4 is 0 Å². The average molecular weight is 313 g/mol. The molecule has 1 saturated heterocycles. The van der Waals surface area contributed by atoms with Gasteiger partial charge in [-0.15, -0.1) is 0 Å². The first-order chi connectivity index (χ1) is 11.2. The lowest BCUT2D eigenvalue weighted by Crippen LogP contribution is -2.21. The molecule has 1 aromatic carbocycles. The van der Waals surface area contributed by atoms with Gasteiger partial charge in [0.25, 0.3) is 0 Å². The second-order valence-electron chi connectivity index (χ2n) is 6.58. The van der Waals surface area contributed by atoms with E-state index in [9.17, 15) is 0 Å². The van der Waals surface area contributed by atoms with Crippen LogP contribution in [0.2, 0.25) is 0 Å². The van der Waals surface area contributed by atoms with Crippen molar-refractivity contribution >= 4 is 0 Å². The summed E-state index contributed by atoms with van der Waals surface area (Å²) in [5.41, 5.74) is 3.83. The summed E-state index contributed by atoms with van der Waals surface area (Å²) >= 11 is 0. The lowest BCUT2D eigenvalue weighted by molar-refractivity contribution is 0.0995. The van der Waals surface area contributed by atoms with E-state index < -0.39 is 0 Å². The molecule has 4 heteroatoms. The van der Waals surface area contributed by atoms with Gasteiger partial charge < -0.3 is 9.64 Å². The average Bonchev–Trinajstić information content (AvgIpc) is 3.22. The van der Waals surface area contributed by atoms with Crippen molar-refractivity contribution in [1.29, 1.82) is 0 Å². The van der Waals surface area contributed by atoms with Crippen molar-refractivity contribution in [2.24, 2.45) is 0 Å². The van der Waals surface area contributed by atoms with Gasteiger partial charge >= 0.3 is 0 Å². The normalized spacial score (nSPS) is 18.0. The quantitative estimate of drug-likeness (QED) is 0.783. The Morgan fingerprint density at radius 3 is 3.00 bits per heavy atom. The lowest BCUT2D eigenvalue weighted by Gasteiger charge is -2.19. The van der Waals surface area contributed by atoms with Crippen LogP contribution in [0.3, 0.4) is 0 Å². The maximum absolute atomic E-state index is 5.69. The van der Waals surface area contributed by atoms with Crippen molar-refractivity contribution in [2.75, 3.05) is 20.2 Å². The van der Waals surface area contributed by atoms with E-state index >= 15 is 0 Å². The molecule has 0 spiro atoms. The van der Waals surface area contributed by atoms with E-state index in [2.05, 4.69) is 42.2 Å². The summed E-state index contributed by atoms with van der Waals surface area (Å²) in [4.78, 5) is 2.41. The molecule has 4 nitrogen and oxygen atoms in total. The molecule has 0 bridgehead atoms. The monoisotopic (exact) mass is 313 g/mol. The minimum atomic E-state index is 0.512. The summed E-state index contributed by atoms with van der Waals surface area (Å²) in [6.07, 6.45) is 9.20. The minimum Gasteiger partial charge on any atom is -0.378 e. The van der Waals surface area contributed by atoms with Gasteiger partial charge in [-0.1, -0.05) is 6.07 Å². The molecule has 0 unspecified atom stereocenters. The zero-order valence-electron chi connectivity index (χ0n) is 14.2. The van der Waals surface area contributed by atoms with Crippen LogP contribution in [-0.2, 0) is 11.3 Å². The number of hydrogen-bond acceptors (Lipinski definition) is 3. The minimum absolute atomic E-state index is 0.512. The first kappa shape index (κ1) is 16.2. The Bertz CT molecular complexity index is 603. The fraction of sp³-hybridized carbons (Fsp3) is 0.526. The topological polar surface area (TPSA) is 30.3 Å². The number of aryl methyl sites for hydroxylation is 1. The maximum Gasteiger partial charge on any atom is 0.0648 e. The molecule has 0 radical (unpaired) electrons. The third-order valence-corrected chi connectivity index (χ3v) is 4.63. The SMILES string of the molecule is Cc1cc(-n2cccn2)ccc1CN(C)CCC[C@@H]1CCCO1. The molecule has 3 rings (SSSR count). The van der Waals surface area contributed by atoms with E-state index in [1.165, 1.54) is 36.8 Å². The fourth-order valence-corrected chi connectivity index (χ4v) is 3.25. The Kier molecular flexibility index (Phi) is 5.47. The number of hydrogen-bond donors (Lipinski definition) is 0. The van der Waals surface area contributed by atoms with Gasteiger partial charge in [0.15, 0.2) is 0 Å². The Balaban J connectivity index is 1.50. The van der Waals surface area contributed by atoms with Gasteiger partial charge in [0.05, 0.1) is 11.8 Å². The third-order valence-electron chi connectivity index (χ3n) is 4.63. The molecule has 1 fully saturated rings. The molecule has 0 aliphatic carbocycles. The highest BCUT2D eigenvalue weighted by Crippen LogP contribution is 2.18. The van der Waals surface area contributed by atoms with Crippen LogP contribution in [0.4, 0.5) is 0 Å². The Labute approximate surface area is 139 Å². The molecule has 1 atom stereocenters. The van der Waals surface area contributed by atoms with Gasteiger partial charge in [-0.2, -0.15) is 5.10 Å². The van der Waals surface area contributed by atoms with E-state index in [-0.39, 0.29) is 0 Å². The molecule has 1 aliphatic heterocycles. The molecular formula is C19H27N3O. The molecule has 124 valence electrons. The van der Waals surface area contributed by atoms with Gasteiger partial charge in [-0.3, -0.25) is 0 Å². The highest BCUT2D eigenvalue weighted by Gasteiger charge is 2.15. The fourth-order valence-electron chi connectivity index (χ4n) is 3.25. The van der Waals surface area contributed by atoms with Crippen molar-refractivity contribution in [3.05, 3.63) is 47.8 Å². The molecule has 2 heterocycles. The number of nitrogens with zero attached hydrogens (tertiary/aromatic N) is 3. The lowest BCUT2D eigenvalue weighted by atomic mass is 10.1. The largest absolute Gasteiger partial charge is 0.378 e. The highest BCUT2D eigenvalue weighted by molar-refractivity contribution is 5.39. The van der Waals surface area contributed by atoms with Gasteiger partial charge in [0, 0.05) is 25.5 Å². The van der Waals surface area contributed by atoms with E-state index in [1.54, 1.807) is 0 Å². The van der Waals surface area contributed by atoms with Crippen molar-refractivity contribution in [3.63, 3.8) is 0 Å². The van der Waals surface area contributed by atoms with Crippen molar-refractivity contribution in [1.82, 2.24) is 14.7 Å². The summed E-state index contributed by atoms with van der Waals surface area (Å²) < 4.78 is 7.60. The number of rotatable bonds is 7. The Morgan fingerprint density at radius 2 is 2.30 bits per heavy atom. The first-order valence-electron chi connectivity index (χ1n) is 8.62. The van der Waals surface area contributed by atoms with Gasteiger partial charge in [-0.05, 0) is 75.5 Å². The van der Waals surface area contributed by atoms with E-state index in [0.29, 0.717) is 6.10 Å². The van der Waals surface area contributed by atoms with Gasteiger partial charge in [0.2, 0.25) is 0 Å². The molecule has 1 aliphatic rings. The van der Waals surface area contributed by atoms with Crippen LogP contribution >= 0.6 is 0 Å². The second-order valence-corrected chi connectivity index (χ2v) is 6.58. The van der Waals surface area contributed by atoms with Crippen LogP contribution in [-0.4, -0.2) is 41.0 Å². The first-order valence-corrected chi connectivity index (χ1v) is 8.62. The maximum atomic E-state index is 5.69. The van der Waals surface area contributed by atoms with Gasteiger partial charge in [0.1, 0.15) is 0 Å². The van der Waals surface area contributed by atoms with Crippen LogP contribution in [0.5, 0.6) is 0 Å². The third kappa shape index (κ3) is 4.43. The molecule has 23 heavy (non-hydrogen) atoms. The number of benzene rings is 1. The van der Waals surface area contributed by atoms with Crippen molar-refractivity contribution < 1.29 is 4.74 Å². The highest BCUT2D eigenvalue weighted by atomic mass is 16.5. The van der Waals surface area contributed by atoms with E-state index in [1.807, 2.05) is 23.1 Å². The molecule has 2 aromatic rings. The summed E-state index contributed by atoms with van der Waals surface area (Å²) in [7, 11) is 2.20. The number of ether oxygens (including phenoxy) is 1. The zero-order chi connectivity index (χ0) is 16.1. The van der Waals surface area contributed by atoms with Gasteiger partial charge in [-0.25, -0.2) is 4.68 Å². The molecular weight excluding hydrogens is 286 g/mol. The summed E-state index contributed by atoms with van der Waals surface area (Å²) in [5, 5.41) is 4.29. The summed E-state index contributed by atoms with van der Waals surface area (Å²) in [6.45, 7) is 5.27. The molecule has 0 amide bonds.